The second-order valence-electron chi connectivity index (χ2n) is 3.03. The number of nitrogens with one attached hydrogen (secondary N) is 2. The molecule has 78 valence electrons. The summed E-state index contributed by atoms with van der Waals surface area (Å²) in [4.78, 5) is 14.8. The van der Waals surface area contributed by atoms with E-state index in [9.17, 15) is 4.79 Å². The van der Waals surface area contributed by atoms with Crippen LogP contribution in [-0.2, 0) is 4.79 Å². The average Bonchev–Trinajstić information content (AvgIpc) is 2.12. The van der Waals surface area contributed by atoms with Gasteiger partial charge >= 0.3 is 0 Å². The number of allylic oxidation sites excluding steroid dienone is 1. The minimum absolute atomic E-state index is 0.0613. The molecule has 0 aromatic rings. The molecule has 0 saturated heterocycles. The summed E-state index contributed by atoms with van der Waals surface area (Å²) in [6.07, 6.45) is 3.46. The first-order chi connectivity index (χ1) is 6.60. The van der Waals surface area contributed by atoms with E-state index in [1.165, 1.54) is 0 Å². The van der Waals surface area contributed by atoms with E-state index >= 15 is 0 Å². The summed E-state index contributed by atoms with van der Waals surface area (Å²) in [5, 5.41) is 9.83. The second kappa shape index (κ2) is 7.00. The molecule has 0 rings (SSSR count). The monoisotopic (exact) mass is 195 g/mol. The van der Waals surface area contributed by atoms with Crippen LogP contribution >= 0.6 is 0 Å². The highest BCUT2D eigenvalue weighted by atomic mass is 16.1. The number of carbonyl (C=O) groups excluding carboxylic acids is 1. The Morgan fingerprint density at radius 1 is 1.64 bits per heavy atom. The maximum Gasteiger partial charge on any atom is 0.225 e. The quantitative estimate of drug-likeness (QED) is 0.624. The Bertz CT molecular complexity index is 256. The van der Waals surface area contributed by atoms with Gasteiger partial charge < -0.3 is 10.7 Å². The zero-order valence-electron chi connectivity index (χ0n) is 8.76. The third kappa shape index (κ3) is 6.11. The molecule has 1 amide bonds. The van der Waals surface area contributed by atoms with Crippen LogP contribution in [0.4, 0.5) is 0 Å². The van der Waals surface area contributed by atoms with Crippen LogP contribution in [0, 0.1) is 5.41 Å². The van der Waals surface area contributed by atoms with Gasteiger partial charge in [0.25, 0.3) is 0 Å². The van der Waals surface area contributed by atoms with Gasteiger partial charge in [0.1, 0.15) is 5.82 Å². The van der Waals surface area contributed by atoms with Gasteiger partial charge in [-0.25, -0.2) is 4.99 Å². The lowest BCUT2D eigenvalue weighted by atomic mass is 10.3. The van der Waals surface area contributed by atoms with Gasteiger partial charge in [0.2, 0.25) is 5.91 Å². The van der Waals surface area contributed by atoms with Gasteiger partial charge in [0.15, 0.2) is 0 Å². The van der Waals surface area contributed by atoms with Crippen molar-refractivity contribution in [2.24, 2.45) is 4.99 Å². The van der Waals surface area contributed by atoms with Crippen molar-refractivity contribution < 1.29 is 4.79 Å². The minimum Gasteiger partial charge on any atom is -0.311 e. The highest BCUT2D eigenvalue weighted by Crippen LogP contribution is 1.96. The molecule has 2 N–H and O–H groups in total. The Morgan fingerprint density at radius 2 is 2.29 bits per heavy atom. The smallest absolute Gasteiger partial charge is 0.225 e. The van der Waals surface area contributed by atoms with Crippen molar-refractivity contribution in [3.05, 3.63) is 11.9 Å². The van der Waals surface area contributed by atoms with E-state index in [1.54, 1.807) is 13.0 Å². The molecule has 14 heavy (non-hydrogen) atoms. The lowest BCUT2D eigenvalue weighted by molar-refractivity contribution is -0.120. The molecule has 0 unspecified atom stereocenters. The molecule has 0 heterocycles. The number of hydrogen-bond acceptors (Lipinski definition) is 3. The van der Waals surface area contributed by atoms with Crippen molar-refractivity contribution in [2.45, 2.75) is 33.1 Å². The summed E-state index contributed by atoms with van der Waals surface area (Å²) in [7, 11) is 0. The first-order valence-corrected chi connectivity index (χ1v) is 4.61. The maximum absolute atomic E-state index is 11.2. The molecular formula is C10H17N3O. The third-order valence-corrected chi connectivity index (χ3v) is 1.52. The van der Waals surface area contributed by atoms with Crippen LogP contribution in [0.3, 0.4) is 0 Å². The van der Waals surface area contributed by atoms with Crippen LogP contribution in [0.2, 0.25) is 0 Å². The van der Waals surface area contributed by atoms with Gasteiger partial charge in [-0.1, -0.05) is 6.92 Å². The van der Waals surface area contributed by atoms with E-state index in [4.69, 9.17) is 5.41 Å². The molecule has 0 aliphatic rings. The van der Waals surface area contributed by atoms with Crippen LogP contribution in [0.25, 0.3) is 0 Å². The topological polar surface area (TPSA) is 65.3 Å². The normalized spacial score (nSPS) is 10.9. The average molecular weight is 195 g/mol. The number of rotatable bonds is 6. The van der Waals surface area contributed by atoms with Gasteiger partial charge in [-0.3, -0.25) is 4.79 Å². The summed E-state index contributed by atoms with van der Waals surface area (Å²) >= 11 is 0. The minimum atomic E-state index is -0.0613. The lowest BCUT2D eigenvalue weighted by Gasteiger charge is -2.03. The fourth-order valence-electron chi connectivity index (χ4n) is 0.837. The van der Waals surface area contributed by atoms with Crippen molar-refractivity contribution in [1.82, 2.24) is 5.32 Å². The molecule has 0 bridgehead atoms. The van der Waals surface area contributed by atoms with Crippen LogP contribution in [0.1, 0.15) is 33.1 Å². The standard InChI is InChI=1S/C10H17N3O/c1-4-5-10(14)13-9(12-3)7-6-8(2)11/h7,11H,3-6H2,1-2H3,(H,13,14)/b9-7+,11-8?. The Morgan fingerprint density at radius 3 is 2.71 bits per heavy atom. The van der Waals surface area contributed by atoms with E-state index in [-0.39, 0.29) is 5.91 Å². The molecule has 0 atom stereocenters. The van der Waals surface area contributed by atoms with E-state index < -0.39 is 0 Å². The summed E-state index contributed by atoms with van der Waals surface area (Å²) in [6, 6.07) is 0. The Labute approximate surface area is 84.6 Å². The predicted octanol–water partition coefficient (Wildman–Crippen LogP) is 1.87. The fraction of sp³-hybridized carbons (Fsp3) is 0.500. The SMILES string of the molecule is C=N/C(=C\CC(C)=N)NC(=O)CCC. The predicted molar refractivity (Wildman–Crippen MR) is 58.7 cm³/mol. The molecule has 0 spiro atoms. The molecule has 4 heteroatoms. The Hall–Kier alpha value is -1.45. The van der Waals surface area contributed by atoms with Crippen molar-refractivity contribution in [3.8, 4) is 0 Å². The number of aliphatic imine (C=N–C) groups is 1. The largest absolute Gasteiger partial charge is 0.311 e. The van der Waals surface area contributed by atoms with Crippen molar-refractivity contribution >= 4 is 18.3 Å². The fourth-order valence-corrected chi connectivity index (χ4v) is 0.837. The number of amides is 1. The molecule has 0 saturated carbocycles. The molecule has 0 radical (unpaired) electrons. The van der Waals surface area contributed by atoms with Gasteiger partial charge in [-0.05, 0) is 26.1 Å². The first kappa shape index (κ1) is 12.6. The molecule has 4 nitrogen and oxygen atoms in total. The summed E-state index contributed by atoms with van der Waals surface area (Å²) in [5.74, 6) is 0.379. The van der Waals surface area contributed by atoms with Gasteiger partial charge in [0, 0.05) is 18.6 Å². The first-order valence-electron chi connectivity index (χ1n) is 4.61. The van der Waals surface area contributed by atoms with Crippen molar-refractivity contribution in [3.63, 3.8) is 0 Å². The zero-order chi connectivity index (χ0) is 11.0. The van der Waals surface area contributed by atoms with E-state index in [0.29, 0.717) is 24.4 Å². The summed E-state index contributed by atoms with van der Waals surface area (Å²) in [5.41, 5.74) is 0.524. The number of carbonyl (C=O) groups is 1. The van der Waals surface area contributed by atoms with Gasteiger partial charge in [0.05, 0.1) is 0 Å². The van der Waals surface area contributed by atoms with Crippen LogP contribution in [-0.4, -0.2) is 18.3 Å². The molecule has 0 aromatic carbocycles. The van der Waals surface area contributed by atoms with Crippen LogP contribution < -0.4 is 5.32 Å². The Kier molecular flexibility index (Phi) is 6.28. The Balaban J connectivity index is 4.14. The second-order valence-corrected chi connectivity index (χ2v) is 3.03. The van der Waals surface area contributed by atoms with Crippen molar-refractivity contribution in [2.75, 3.05) is 0 Å². The summed E-state index contributed by atoms with van der Waals surface area (Å²) in [6.45, 7) is 6.98. The molecule has 0 aliphatic heterocycles. The highest BCUT2D eigenvalue weighted by Gasteiger charge is 2.00. The van der Waals surface area contributed by atoms with Crippen LogP contribution in [0.15, 0.2) is 16.9 Å². The molecular weight excluding hydrogens is 178 g/mol. The van der Waals surface area contributed by atoms with Gasteiger partial charge in [-0.15, -0.1) is 0 Å². The highest BCUT2D eigenvalue weighted by molar-refractivity contribution is 5.81. The zero-order valence-corrected chi connectivity index (χ0v) is 8.76. The lowest BCUT2D eigenvalue weighted by Crippen LogP contribution is -2.21. The molecule has 0 aromatic heterocycles. The summed E-state index contributed by atoms with van der Waals surface area (Å²) < 4.78 is 0. The van der Waals surface area contributed by atoms with E-state index in [0.717, 1.165) is 6.42 Å². The van der Waals surface area contributed by atoms with E-state index in [2.05, 4.69) is 17.0 Å². The van der Waals surface area contributed by atoms with Crippen LogP contribution in [0.5, 0.6) is 0 Å². The van der Waals surface area contributed by atoms with E-state index in [1.807, 2.05) is 6.92 Å². The number of hydrogen-bond donors (Lipinski definition) is 2. The number of nitrogens with zero attached hydrogens (tertiary/aromatic N) is 1. The molecule has 0 aliphatic carbocycles. The van der Waals surface area contributed by atoms with Gasteiger partial charge in [-0.2, -0.15) is 0 Å². The third-order valence-electron chi connectivity index (χ3n) is 1.52. The van der Waals surface area contributed by atoms with Crippen molar-refractivity contribution in [1.29, 1.82) is 5.41 Å². The maximum atomic E-state index is 11.2. The molecule has 0 fully saturated rings.